The van der Waals surface area contributed by atoms with Crippen LogP contribution in [0.4, 0.5) is 19.3 Å². The van der Waals surface area contributed by atoms with Crippen LogP contribution in [0.15, 0.2) is 18.2 Å². The number of hydrogen-bond donors (Lipinski definition) is 2. The van der Waals surface area contributed by atoms with E-state index in [4.69, 9.17) is 16.7 Å². The van der Waals surface area contributed by atoms with Crippen molar-refractivity contribution >= 4 is 29.3 Å². The van der Waals surface area contributed by atoms with E-state index in [1.165, 1.54) is 23.1 Å². The first-order valence-corrected chi connectivity index (χ1v) is 7.27. The summed E-state index contributed by atoms with van der Waals surface area (Å²) in [5, 5.41) is 11.5. The highest BCUT2D eigenvalue weighted by Crippen LogP contribution is 2.29. The third-order valence-corrected chi connectivity index (χ3v) is 3.83. The molecule has 1 aromatic rings. The van der Waals surface area contributed by atoms with Crippen LogP contribution >= 0.6 is 11.6 Å². The van der Waals surface area contributed by atoms with Crippen LogP contribution in [0.5, 0.6) is 5.75 Å². The molecule has 1 aliphatic rings. The van der Waals surface area contributed by atoms with E-state index in [0.29, 0.717) is 31.6 Å². The number of rotatable bonds is 4. The summed E-state index contributed by atoms with van der Waals surface area (Å²) in [5.41, 5.74) is 0.335. The van der Waals surface area contributed by atoms with Gasteiger partial charge in [0.25, 0.3) is 0 Å². The highest BCUT2D eigenvalue weighted by Gasteiger charge is 2.27. The number of aliphatic carboxylic acids is 1. The number of halogens is 3. The Morgan fingerprint density at radius 3 is 2.52 bits per heavy atom. The number of amides is 2. The van der Waals surface area contributed by atoms with Gasteiger partial charge in [-0.05, 0) is 31.0 Å². The predicted octanol–water partition coefficient (Wildman–Crippen LogP) is 3.27. The van der Waals surface area contributed by atoms with Gasteiger partial charge in [-0.3, -0.25) is 4.79 Å². The van der Waals surface area contributed by atoms with Crippen LogP contribution in [0.1, 0.15) is 12.8 Å². The molecule has 6 nitrogen and oxygen atoms in total. The van der Waals surface area contributed by atoms with E-state index in [-0.39, 0.29) is 10.8 Å². The Hall–Kier alpha value is -2.09. The average Bonchev–Trinajstić information content (AvgIpc) is 2.49. The maximum absolute atomic E-state index is 12.1. The summed E-state index contributed by atoms with van der Waals surface area (Å²) in [6.07, 6.45) is 0.787. The van der Waals surface area contributed by atoms with Gasteiger partial charge in [0.1, 0.15) is 5.75 Å². The minimum Gasteiger partial charge on any atom is -0.481 e. The molecular formula is C14H15ClF2N2O4. The molecule has 0 spiro atoms. The van der Waals surface area contributed by atoms with Gasteiger partial charge in [-0.25, -0.2) is 4.79 Å². The molecular weight excluding hydrogens is 334 g/mol. The number of hydrogen-bond acceptors (Lipinski definition) is 3. The number of piperidine rings is 1. The lowest BCUT2D eigenvalue weighted by atomic mass is 9.97. The summed E-state index contributed by atoms with van der Waals surface area (Å²) in [6, 6.07) is 3.54. The van der Waals surface area contributed by atoms with Gasteiger partial charge in [0, 0.05) is 18.8 Å². The molecule has 1 fully saturated rings. The molecule has 0 unspecified atom stereocenters. The maximum Gasteiger partial charge on any atom is 0.387 e. The Morgan fingerprint density at radius 1 is 1.35 bits per heavy atom. The molecule has 0 aliphatic carbocycles. The number of urea groups is 1. The number of carboxylic acids is 1. The number of anilines is 1. The Morgan fingerprint density at radius 2 is 2.00 bits per heavy atom. The van der Waals surface area contributed by atoms with Gasteiger partial charge in [0.15, 0.2) is 0 Å². The summed E-state index contributed by atoms with van der Waals surface area (Å²) in [4.78, 5) is 24.5. The van der Waals surface area contributed by atoms with E-state index in [0.717, 1.165) is 0 Å². The van der Waals surface area contributed by atoms with Gasteiger partial charge in [-0.2, -0.15) is 8.78 Å². The van der Waals surface area contributed by atoms with Gasteiger partial charge in [-0.15, -0.1) is 0 Å². The molecule has 0 bridgehead atoms. The zero-order valence-corrected chi connectivity index (χ0v) is 12.7. The molecule has 1 aromatic carbocycles. The first-order chi connectivity index (χ1) is 10.9. The predicted molar refractivity (Wildman–Crippen MR) is 79.0 cm³/mol. The van der Waals surface area contributed by atoms with Crippen molar-refractivity contribution in [2.24, 2.45) is 5.92 Å². The topological polar surface area (TPSA) is 78.9 Å². The fraction of sp³-hybridized carbons (Fsp3) is 0.429. The molecule has 2 amide bonds. The second-order valence-corrected chi connectivity index (χ2v) is 5.46. The summed E-state index contributed by atoms with van der Waals surface area (Å²) in [5.74, 6) is -1.47. The van der Waals surface area contributed by atoms with Crippen molar-refractivity contribution in [3.05, 3.63) is 23.2 Å². The molecule has 1 heterocycles. The lowest BCUT2D eigenvalue weighted by molar-refractivity contribution is -0.143. The van der Waals surface area contributed by atoms with Crippen molar-refractivity contribution < 1.29 is 28.2 Å². The van der Waals surface area contributed by atoms with E-state index in [1.807, 2.05) is 0 Å². The van der Waals surface area contributed by atoms with Crippen LogP contribution in [0.3, 0.4) is 0 Å². The van der Waals surface area contributed by atoms with E-state index in [1.54, 1.807) is 0 Å². The van der Waals surface area contributed by atoms with Crippen LogP contribution in [0.2, 0.25) is 5.02 Å². The molecule has 9 heteroatoms. The molecule has 0 saturated carbocycles. The Bertz CT molecular complexity index is 592. The molecule has 23 heavy (non-hydrogen) atoms. The first-order valence-electron chi connectivity index (χ1n) is 6.90. The average molecular weight is 349 g/mol. The zero-order chi connectivity index (χ0) is 17.0. The number of likely N-dealkylation sites (tertiary alicyclic amines) is 1. The van der Waals surface area contributed by atoms with Gasteiger partial charge in [-0.1, -0.05) is 11.6 Å². The van der Waals surface area contributed by atoms with Crippen LogP contribution in [-0.4, -0.2) is 41.7 Å². The second kappa shape index (κ2) is 7.45. The number of nitrogens with zero attached hydrogens (tertiary/aromatic N) is 1. The molecule has 0 radical (unpaired) electrons. The van der Waals surface area contributed by atoms with E-state index < -0.39 is 24.5 Å². The lowest BCUT2D eigenvalue weighted by Gasteiger charge is -2.30. The quantitative estimate of drug-likeness (QED) is 0.875. The minimum absolute atomic E-state index is 0.0484. The molecule has 0 atom stereocenters. The second-order valence-electron chi connectivity index (χ2n) is 5.05. The Balaban J connectivity index is 1.93. The van der Waals surface area contributed by atoms with Gasteiger partial charge >= 0.3 is 18.6 Å². The zero-order valence-electron chi connectivity index (χ0n) is 12.0. The smallest absolute Gasteiger partial charge is 0.387 e. The monoisotopic (exact) mass is 348 g/mol. The summed E-state index contributed by atoms with van der Waals surface area (Å²) in [7, 11) is 0. The van der Waals surface area contributed by atoms with E-state index in [2.05, 4.69) is 10.1 Å². The van der Waals surface area contributed by atoms with Crippen LogP contribution in [0, 0.1) is 5.92 Å². The number of ether oxygens (including phenoxy) is 1. The molecule has 1 saturated heterocycles. The van der Waals surface area contributed by atoms with Crippen molar-refractivity contribution in [1.29, 1.82) is 0 Å². The highest BCUT2D eigenvalue weighted by atomic mass is 35.5. The van der Waals surface area contributed by atoms with E-state index in [9.17, 15) is 18.4 Å². The molecule has 1 aliphatic heterocycles. The number of carboxylic acid groups (broad SMARTS) is 1. The maximum atomic E-state index is 12.1. The molecule has 2 rings (SSSR count). The molecule has 126 valence electrons. The summed E-state index contributed by atoms with van der Waals surface area (Å²) < 4.78 is 28.5. The third-order valence-electron chi connectivity index (χ3n) is 3.53. The molecule has 2 N–H and O–H groups in total. The normalized spacial score (nSPS) is 15.6. The van der Waals surface area contributed by atoms with Crippen molar-refractivity contribution in [1.82, 2.24) is 4.90 Å². The highest BCUT2D eigenvalue weighted by molar-refractivity contribution is 6.32. The summed E-state index contributed by atoms with van der Waals surface area (Å²) in [6.45, 7) is -2.31. The van der Waals surface area contributed by atoms with Crippen molar-refractivity contribution in [3.63, 3.8) is 0 Å². The van der Waals surface area contributed by atoms with Crippen LogP contribution in [0.25, 0.3) is 0 Å². The SMILES string of the molecule is O=C(O)C1CCN(C(=O)Nc2ccc(OC(F)F)c(Cl)c2)CC1. The standard InChI is InChI=1S/C14H15ClF2N2O4/c15-10-7-9(1-2-11(10)23-13(16)17)18-14(22)19-5-3-8(4-6-19)12(20)21/h1-2,7-8,13H,3-6H2,(H,18,22)(H,20,21). The van der Waals surface area contributed by atoms with Crippen LogP contribution < -0.4 is 10.1 Å². The van der Waals surface area contributed by atoms with Crippen molar-refractivity contribution in [2.45, 2.75) is 19.5 Å². The number of benzene rings is 1. The number of carbonyl (C=O) groups excluding carboxylic acids is 1. The fourth-order valence-corrected chi connectivity index (χ4v) is 2.53. The fourth-order valence-electron chi connectivity index (χ4n) is 2.30. The Labute approximate surface area is 136 Å². The first kappa shape index (κ1) is 17.3. The third kappa shape index (κ3) is 4.69. The molecule has 0 aromatic heterocycles. The van der Waals surface area contributed by atoms with Gasteiger partial charge in [0.2, 0.25) is 0 Å². The number of alkyl halides is 2. The van der Waals surface area contributed by atoms with Crippen molar-refractivity contribution in [3.8, 4) is 5.75 Å². The van der Waals surface area contributed by atoms with E-state index >= 15 is 0 Å². The lowest BCUT2D eigenvalue weighted by Crippen LogP contribution is -2.42. The largest absolute Gasteiger partial charge is 0.481 e. The number of carbonyl (C=O) groups is 2. The van der Waals surface area contributed by atoms with Crippen LogP contribution in [-0.2, 0) is 4.79 Å². The van der Waals surface area contributed by atoms with Gasteiger partial charge < -0.3 is 20.1 Å². The summed E-state index contributed by atoms with van der Waals surface area (Å²) >= 11 is 5.81. The van der Waals surface area contributed by atoms with Gasteiger partial charge in [0.05, 0.1) is 10.9 Å². The minimum atomic E-state index is -2.98. The Kier molecular flexibility index (Phi) is 5.59. The van der Waals surface area contributed by atoms with Crippen molar-refractivity contribution in [2.75, 3.05) is 18.4 Å². The number of nitrogens with one attached hydrogen (secondary N) is 1.